The summed E-state index contributed by atoms with van der Waals surface area (Å²) in [6.07, 6.45) is -4.40. The number of para-hydroxylation sites is 1. The quantitative estimate of drug-likeness (QED) is 0.739. The van der Waals surface area contributed by atoms with Crippen LogP contribution in [0.1, 0.15) is 5.56 Å². The normalized spacial score (nSPS) is 11.8. The number of rotatable bonds is 1. The first-order valence-electron chi connectivity index (χ1n) is 6.15. The van der Waals surface area contributed by atoms with Gasteiger partial charge in [-0.3, -0.25) is 0 Å². The Hall–Kier alpha value is -2.63. The lowest BCUT2D eigenvalue weighted by Gasteiger charge is -2.10. The van der Waals surface area contributed by atoms with Crippen LogP contribution in [-0.4, -0.2) is 9.97 Å². The van der Waals surface area contributed by atoms with Gasteiger partial charge >= 0.3 is 6.18 Å². The van der Waals surface area contributed by atoms with Gasteiger partial charge in [0.1, 0.15) is 0 Å². The van der Waals surface area contributed by atoms with E-state index in [1.54, 1.807) is 30.3 Å². The first kappa shape index (κ1) is 13.4. The maximum absolute atomic E-state index is 12.8. The summed E-state index contributed by atoms with van der Waals surface area (Å²) in [6, 6.07) is 12.1. The Morgan fingerprint density at radius 1 is 0.905 bits per heavy atom. The van der Waals surface area contributed by atoms with Gasteiger partial charge in [-0.15, -0.1) is 0 Å². The molecule has 0 aliphatic heterocycles. The number of benzene rings is 2. The Labute approximate surface area is 118 Å². The summed E-state index contributed by atoms with van der Waals surface area (Å²) in [6.45, 7) is 0. The van der Waals surface area contributed by atoms with Crippen LogP contribution in [0, 0.1) is 0 Å². The maximum Gasteiger partial charge on any atom is 0.416 e. The Balaban J connectivity index is 2.26. The summed E-state index contributed by atoms with van der Waals surface area (Å²) in [5, 5.41) is 0.658. The number of anilines is 1. The molecule has 0 bridgehead atoms. The number of aromatic nitrogens is 2. The van der Waals surface area contributed by atoms with Crippen LogP contribution in [0.15, 0.2) is 48.5 Å². The highest BCUT2D eigenvalue weighted by molar-refractivity contribution is 5.93. The molecule has 0 spiro atoms. The number of hydrogen-bond acceptors (Lipinski definition) is 3. The van der Waals surface area contributed by atoms with Crippen LogP contribution >= 0.6 is 0 Å². The molecule has 106 valence electrons. The van der Waals surface area contributed by atoms with E-state index in [1.807, 2.05) is 0 Å². The van der Waals surface area contributed by atoms with Crippen molar-refractivity contribution in [1.82, 2.24) is 9.97 Å². The number of nitrogen functional groups attached to an aromatic ring is 1. The van der Waals surface area contributed by atoms with Crippen molar-refractivity contribution >= 4 is 16.9 Å². The molecule has 0 saturated carbocycles. The predicted molar refractivity (Wildman–Crippen MR) is 74.4 cm³/mol. The molecule has 1 heterocycles. The second kappa shape index (κ2) is 4.73. The molecule has 0 unspecified atom stereocenters. The average Bonchev–Trinajstić information content (AvgIpc) is 2.45. The first-order chi connectivity index (χ1) is 9.95. The van der Waals surface area contributed by atoms with Gasteiger partial charge in [0.15, 0.2) is 0 Å². The fourth-order valence-corrected chi connectivity index (χ4v) is 2.16. The molecule has 0 aliphatic carbocycles. The smallest absolute Gasteiger partial charge is 0.368 e. The average molecular weight is 289 g/mol. The Morgan fingerprint density at radius 3 is 2.43 bits per heavy atom. The zero-order chi connectivity index (χ0) is 15.0. The number of halogens is 3. The minimum atomic E-state index is -4.40. The van der Waals surface area contributed by atoms with Crippen LogP contribution in [0.5, 0.6) is 0 Å². The van der Waals surface area contributed by atoms with Crippen LogP contribution in [0.2, 0.25) is 0 Å². The third kappa shape index (κ3) is 2.52. The van der Waals surface area contributed by atoms with E-state index in [-0.39, 0.29) is 5.95 Å². The second-order valence-corrected chi connectivity index (χ2v) is 4.53. The second-order valence-electron chi connectivity index (χ2n) is 4.53. The SMILES string of the molecule is Nc1nc(-c2cccc(C(F)(F)F)c2)c2ccccc2n1. The summed E-state index contributed by atoms with van der Waals surface area (Å²) in [7, 11) is 0. The molecule has 21 heavy (non-hydrogen) atoms. The molecule has 0 aliphatic rings. The summed E-state index contributed by atoms with van der Waals surface area (Å²) >= 11 is 0. The third-order valence-electron chi connectivity index (χ3n) is 3.08. The van der Waals surface area contributed by atoms with Gasteiger partial charge in [0.2, 0.25) is 5.95 Å². The summed E-state index contributed by atoms with van der Waals surface area (Å²) in [5.74, 6) is 0.0288. The molecule has 0 amide bonds. The van der Waals surface area contributed by atoms with Crippen molar-refractivity contribution in [1.29, 1.82) is 0 Å². The van der Waals surface area contributed by atoms with Crippen LogP contribution < -0.4 is 5.73 Å². The van der Waals surface area contributed by atoms with Crippen molar-refractivity contribution in [3.8, 4) is 11.3 Å². The molecule has 0 radical (unpaired) electrons. The highest BCUT2D eigenvalue weighted by Gasteiger charge is 2.30. The third-order valence-corrected chi connectivity index (χ3v) is 3.08. The zero-order valence-electron chi connectivity index (χ0n) is 10.7. The molecule has 3 rings (SSSR count). The fraction of sp³-hybridized carbons (Fsp3) is 0.0667. The zero-order valence-corrected chi connectivity index (χ0v) is 10.7. The first-order valence-corrected chi connectivity index (χ1v) is 6.15. The van der Waals surface area contributed by atoms with Crippen LogP contribution in [0.25, 0.3) is 22.2 Å². The predicted octanol–water partition coefficient (Wildman–Crippen LogP) is 3.90. The molecular formula is C15H10F3N3. The van der Waals surface area contributed by atoms with E-state index in [2.05, 4.69) is 9.97 Å². The Bertz CT molecular complexity index is 813. The fourth-order valence-electron chi connectivity index (χ4n) is 2.16. The van der Waals surface area contributed by atoms with Gasteiger partial charge in [-0.05, 0) is 18.2 Å². The lowest BCUT2D eigenvalue weighted by molar-refractivity contribution is -0.137. The van der Waals surface area contributed by atoms with E-state index in [4.69, 9.17) is 5.73 Å². The topological polar surface area (TPSA) is 51.8 Å². The lowest BCUT2D eigenvalue weighted by Crippen LogP contribution is -2.05. The van der Waals surface area contributed by atoms with Crippen molar-refractivity contribution in [2.75, 3.05) is 5.73 Å². The van der Waals surface area contributed by atoms with Gasteiger partial charge in [-0.2, -0.15) is 13.2 Å². The monoisotopic (exact) mass is 289 g/mol. The van der Waals surface area contributed by atoms with Gasteiger partial charge in [0.05, 0.1) is 16.8 Å². The number of alkyl halides is 3. The van der Waals surface area contributed by atoms with Gasteiger partial charge in [-0.1, -0.05) is 30.3 Å². The summed E-state index contributed by atoms with van der Waals surface area (Å²) in [5.41, 5.74) is 6.26. The molecule has 0 fully saturated rings. The molecular weight excluding hydrogens is 279 g/mol. The number of hydrogen-bond donors (Lipinski definition) is 1. The number of nitrogens with zero attached hydrogens (tertiary/aromatic N) is 2. The van der Waals surface area contributed by atoms with Gasteiger partial charge < -0.3 is 5.73 Å². The highest BCUT2D eigenvalue weighted by Crippen LogP contribution is 2.33. The molecule has 6 heteroatoms. The van der Waals surface area contributed by atoms with E-state index >= 15 is 0 Å². The van der Waals surface area contributed by atoms with Crippen molar-refractivity contribution < 1.29 is 13.2 Å². The van der Waals surface area contributed by atoms with Crippen LogP contribution in [0.3, 0.4) is 0 Å². The van der Waals surface area contributed by atoms with E-state index < -0.39 is 11.7 Å². The number of nitrogens with two attached hydrogens (primary N) is 1. The van der Waals surface area contributed by atoms with Gasteiger partial charge in [0, 0.05) is 10.9 Å². The van der Waals surface area contributed by atoms with E-state index in [0.29, 0.717) is 22.2 Å². The molecule has 2 aromatic carbocycles. The lowest BCUT2D eigenvalue weighted by atomic mass is 10.0. The van der Waals surface area contributed by atoms with Crippen molar-refractivity contribution in [3.63, 3.8) is 0 Å². The van der Waals surface area contributed by atoms with Crippen molar-refractivity contribution in [2.24, 2.45) is 0 Å². The standard InChI is InChI=1S/C15H10F3N3/c16-15(17,18)10-5-3-4-9(8-10)13-11-6-1-2-7-12(11)20-14(19)21-13/h1-8H,(H2,19,20,21). The van der Waals surface area contributed by atoms with Gasteiger partial charge in [-0.25, -0.2) is 9.97 Å². The molecule has 3 aromatic rings. The largest absolute Gasteiger partial charge is 0.416 e. The van der Waals surface area contributed by atoms with Gasteiger partial charge in [0.25, 0.3) is 0 Å². The minimum Gasteiger partial charge on any atom is -0.368 e. The van der Waals surface area contributed by atoms with Crippen LogP contribution in [0.4, 0.5) is 19.1 Å². The maximum atomic E-state index is 12.8. The van der Waals surface area contributed by atoms with E-state index in [1.165, 1.54) is 6.07 Å². The van der Waals surface area contributed by atoms with E-state index in [0.717, 1.165) is 12.1 Å². The summed E-state index contributed by atoms with van der Waals surface area (Å²) in [4.78, 5) is 8.17. The molecule has 0 saturated heterocycles. The highest BCUT2D eigenvalue weighted by atomic mass is 19.4. The minimum absolute atomic E-state index is 0.0288. The molecule has 3 nitrogen and oxygen atoms in total. The Kier molecular flexibility index (Phi) is 3.01. The van der Waals surface area contributed by atoms with Crippen molar-refractivity contribution in [3.05, 3.63) is 54.1 Å². The molecule has 2 N–H and O–H groups in total. The Morgan fingerprint density at radius 2 is 1.67 bits per heavy atom. The molecule has 0 atom stereocenters. The van der Waals surface area contributed by atoms with E-state index in [9.17, 15) is 13.2 Å². The van der Waals surface area contributed by atoms with Crippen LogP contribution in [-0.2, 0) is 6.18 Å². The molecule has 1 aromatic heterocycles. The summed E-state index contributed by atoms with van der Waals surface area (Å²) < 4.78 is 38.5. The number of fused-ring (bicyclic) bond motifs is 1. The van der Waals surface area contributed by atoms with Crippen molar-refractivity contribution in [2.45, 2.75) is 6.18 Å².